The number of benzene rings is 10. The topological polar surface area (TPSA) is 29.5 Å². The molecule has 12 aromatic rings. The minimum Gasteiger partial charge on any atom is -0.455 e. The van der Waals surface area contributed by atoms with Gasteiger partial charge in [-0.2, -0.15) is 0 Å². The van der Waals surface area contributed by atoms with Gasteiger partial charge >= 0.3 is 0 Å². The van der Waals surface area contributed by atoms with Gasteiger partial charge in [0.25, 0.3) is 0 Å². The molecule has 0 N–H and O–H groups in total. The normalized spacial score (nSPS) is 13.0. The van der Waals surface area contributed by atoms with Crippen LogP contribution in [0.2, 0.25) is 0 Å². The molecule has 10 aromatic carbocycles. The van der Waals surface area contributed by atoms with Crippen molar-refractivity contribution in [2.24, 2.45) is 0 Å². The molecule has 62 heavy (non-hydrogen) atoms. The van der Waals surface area contributed by atoms with E-state index >= 15 is 0 Å². The van der Waals surface area contributed by atoms with E-state index in [4.69, 9.17) is 8.83 Å². The average molecular weight is 792 g/mol. The zero-order valence-electron chi connectivity index (χ0n) is 33.6. The van der Waals surface area contributed by atoms with Gasteiger partial charge in [-0.05, 0) is 75.2 Å². The van der Waals surface area contributed by atoms with Crippen LogP contribution in [0.5, 0.6) is 0 Å². The summed E-state index contributed by atoms with van der Waals surface area (Å²) >= 11 is 0. The standard InChI is InChI=1S/C59H37NO2/c1-3-18-39(19-4-1)59(40-20-5-2-6-21-40)51-29-12-9-23-43(51)44-36-34-41(37-52(44)59)60(54-31-16-28-48-46-25-11-14-32-55(46)61-58(48)54)53-30-13-10-24-45(53)47-26-15-27-49-50-35-33-38-17-7-8-22-42(38)56(50)62-57(47)49/h1-37H. The van der Waals surface area contributed by atoms with Crippen LogP contribution >= 0.6 is 0 Å². The van der Waals surface area contributed by atoms with Crippen LogP contribution in [-0.2, 0) is 5.41 Å². The third kappa shape index (κ3) is 4.88. The summed E-state index contributed by atoms with van der Waals surface area (Å²) in [6.07, 6.45) is 0. The molecular formula is C59H37NO2. The van der Waals surface area contributed by atoms with Gasteiger partial charge in [0.2, 0.25) is 0 Å². The summed E-state index contributed by atoms with van der Waals surface area (Å²) in [4.78, 5) is 2.40. The van der Waals surface area contributed by atoms with Crippen molar-refractivity contribution in [1.29, 1.82) is 0 Å². The highest BCUT2D eigenvalue weighted by molar-refractivity contribution is 6.18. The Morgan fingerprint density at radius 3 is 1.73 bits per heavy atom. The monoisotopic (exact) mass is 791 g/mol. The van der Waals surface area contributed by atoms with Crippen molar-refractivity contribution in [3.05, 3.63) is 247 Å². The Balaban J connectivity index is 1.12. The molecule has 0 fully saturated rings. The molecule has 0 aliphatic heterocycles. The summed E-state index contributed by atoms with van der Waals surface area (Å²) in [7, 11) is 0. The molecule has 0 spiro atoms. The summed E-state index contributed by atoms with van der Waals surface area (Å²) in [5.74, 6) is 0. The first-order chi connectivity index (χ1) is 30.8. The molecule has 1 aliphatic carbocycles. The second kappa shape index (κ2) is 13.4. The molecule has 0 atom stereocenters. The van der Waals surface area contributed by atoms with Gasteiger partial charge in [0.05, 0.1) is 16.8 Å². The van der Waals surface area contributed by atoms with Crippen LogP contribution in [0.1, 0.15) is 22.3 Å². The zero-order chi connectivity index (χ0) is 40.8. The number of anilines is 3. The summed E-state index contributed by atoms with van der Waals surface area (Å²) in [5.41, 5.74) is 15.4. The first kappa shape index (κ1) is 34.7. The van der Waals surface area contributed by atoms with Crippen molar-refractivity contribution in [2.45, 2.75) is 5.41 Å². The Hall–Kier alpha value is -8.14. The fourth-order valence-corrected chi connectivity index (χ4v) is 10.5. The molecule has 0 unspecified atom stereocenters. The molecule has 0 radical (unpaired) electrons. The van der Waals surface area contributed by atoms with Gasteiger partial charge in [-0.15, -0.1) is 0 Å². The SMILES string of the molecule is c1ccc(C2(c3ccccc3)c3ccccc3-c3ccc(N(c4ccccc4-c4cccc5c4oc4c6ccccc6ccc54)c4cccc5c4oc4ccccc45)cc32)cc1. The van der Waals surface area contributed by atoms with E-state index in [0.717, 1.165) is 82.8 Å². The highest BCUT2D eigenvalue weighted by Gasteiger charge is 2.46. The van der Waals surface area contributed by atoms with Gasteiger partial charge in [0.1, 0.15) is 16.7 Å². The van der Waals surface area contributed by atoms with Crippen molar-refractivity contribution in [3.63, 3.8) is 0 Å². The molecule has 3 heteroatoms. The van der Waals surface area contributed by atoms with Gasteiger partial charge in [-0.3, -0.25) is 0 Å². The minimum atomic E-state index is -0.566. The van der Waals surface area contributed by atoms with Crippen molar-refractivity contribution in [2.75, 3.05) is 4.90 Å². The van der Waals surface area contributed by atoms with Crippen molar-refractivity contribution >= 4 is 71.7 Å². The average Bonchev–Trinajstić information content (AvgIpc) is 4.02. The quantitative estimate of drug-likeness (QED) is 0.168. The zero-order valence-corrected chi connectivity index (χ0v) is 33.6. The Morgan fingerprint density at radius 2 is 0.903 bits per heavy atom. The number of hydrogen-bond donors (Lipinski definition) is 0. The Kier molecular flexibility index (Phi) is 7.52. The number of para-hydroxylation sites is 4. The predicted octanol–water partition coefficient (Wildman–Crippen LogP) is 16.1. The maximum absolute atomic E-state index is 6.99. The lowest BCUT2D eigenvalue weighted by Crippen LogP contribution is -2.28. The number of fused-ring (bicyclic) bond motifs is 11. The fourth-order valence-electron chi connectivity index (χ4n) is 10.5. The van der Waals surface area contributed by atoms with E-state index in [2.05, 4.69) is 223 Å². The van der Waals surface area contributed by atoms with Crippen LogP contribution in [0.4, 0.5) is 17.1 Å². The van der Waals surface area contributed by atoms with Gasteiger partial charge < -0.3 is 13.7 Å². The highest BCUT2D eigenvalue weighted by atomic mass is 16.3. The minimum absolute atomic E-state index is 0.566. The van der Waals surface area contributed by atoms with Crippen molar-refractivity contribution in [3.8, 4) is 22.3 Å². The molecule has 290 valence electrons. The van der Waals surface area contributed by atoms with E-state index in [1.165, 1.54) is 33.4 Å². The fraction of sp³-hybridized carbons (Fsp3) is 0.0169. The Bertz CT molecular complexity index is 3670. The number of hydrogen-bond acceptors (Lipinski definition) is 3. The summed E-state index contributed by atoms with van der Waals surface area (Å²) < 4.78 is 13.9. The molecule has 0 saturated carbocycles. The lowest BCUT2D eigenvalue weighted by Gasteiger charge is -2.35. The van der Waals surface area contributed by atoms with E-state index in [-0.39, 0.29) is 0 Å². The Labute approximate surface area is 358 Å². The lowest BCUT2D eigenvalue weighted by molar-refractivity contribution is 0.669. The molecule has 3 nitrogen and oxygen atoms in total. The summed E-state index contributed by atoms with van der Waals surface area (Å²) in [5, 5.41) is 6.63. The van der Waals surface area contributed by atoms with Crippen LogP contribution < -0.4 is 4.90 Å². The first-order valence-electron chi connectivity index (χ1n) is 21.3. The van der Waals surface area contributed by atoms with Crippen LogP contribution in [0.3, 0.4) is 0 Å². The largest absolute Gasteiger partial charge is 0.455 e. The van der Waals surface area contributed by atoms with Gasteiger partial charge in [0, 0.05) is 43.7 Å². The summed E-state index contributed by atoms with van der Waals surface area (Å²) in [6.45, 7) is 0. The molecule has 2 aromatic heterocycles. The maximum Gasteiger partial charge on any atom is 0.159 e. The maximum atomic E-state index is 6.99. The van der Waals surface area contributed by atoms with Crippen molar-refractivity contribution < 1.29 is 8.83 Å². The smallest absolute Gasteiger partial charge is 0.159 e. The van der Waals surface area contributed by atoms with Gasteiger partial charge in [-0.1, -0.05) is 188 Å². The predicted molar refractivity (Wildman–Crippen MR) is 256 cm³/mol. The third-order valence-electron chi connectivity index (χ3n) is 13.1. The van der Waals surface area contributed by atoms with Crippen LogP contribution in [0.15, 0.2) is 233 Å². The molecule has 0 amide bonds. The van der Waals surface area contributed by atoms with Gasteiger partial charge in [0.15, 0.2) is 5.58 Å². The van der Waals surface area contributed by atoms with Crippen LogP contribution in [0.25, 0.3) is 76.9 Å². The number of furan rings is 2. The molecule has 0 saturated heterocycles. The second-order valence-electron chi connectivity index (χ2n) is 16.3. The first-order valence-corrected chi connectivity index (χ1v) is 21.3. The lowest BCUT2D eigenvalue weighted by atomic mass is 9.67. The van der Waals surface area contributed by atoms with Crippen molar-refractivity contribution in [1.82, 2.24) is 0 Å². The molecule has 13 rings (SSSR count). The molecular weight excluding hydrogens is 755 g/mol. The number of nitrogens with zero attached hydrogens (tertiary/aromatic N) is 1. The molecule has 1 aliphatic rings. The second-order valence-corrected chi connectivity index (χ2v) is 16.3. The van der Waals surface area contributed by atoms with E-state index in [1.54, 1.807) is 0 Å². The highest BCUT2D eigenvalue weighted by Crippen LogP contribution is 2.58. The van der Waals surface area contributed by atoms with E-state index in [0.29, 0.717) is 0 Å². The number of rotatable bonds is 6. The summed E-state index contributed by atoms with van der Waals surface area (Å²) in [6, 6.07) is 80.9. The van der Waals surface area contributed by atoms with Gasteiger partial charge in [-0.25, -0.2) is 0 Å². The van der Waals surface area contributed by atoms with E-state index in [9.17, 15) is 0 Å². The molecule has 2 heterocycles. The van der Waals surface area contributed by atoms with E-state index in [1.807, 2.05) is 6.07 Å². The van der Waals surface area contributed by atoms with Crippen LogP contribution in [-0.4, -0.2) is 0 Å². The van der Waals surface area contributed by atoms with E-state index < -0.39 is 5.41 Å². The third-order valence-corrected chi connectivity index (χ3v) is 13.1. The molecule has 0 bridgehead atoms. The Morgan fingerprint density at radius 1 is 0.323 bits per heavy atom. The van der Waals surface area contributed by atoms with Crippen LogP contribution in [0, 0.1) is 0 Å².